The van der Waals surface area contributed by atoms with E-state index >= 15 is 0 Å². The van der Waals surface area contributed by atoms with Crippen molar-refractivity contribution in [3.8, 4) is 11.5 Å². The van der Waals surface area contributed by atoms with E-state index in [0.29, 0.717) is 18.1 Å². The first-order valence-electron chi connectivity index (χ1n) is 7.62. The van der Waals surface area contributed by atoms with Crippen molar-refractivity contribution >= 4 is 5.97 Å². The van der Waals surface area contributed by atoms with Crippen LogP contribution in [0.4, 0.5) is 0 Å². The van der Waals surface area contributed by atoms with Gasteiger partial charge in [-0.3, -0.25) is 0 Å². The molecule has 0 aliphatic rings. The molecule has 0 spiro atoms. The third-order valence-electron chi connectivity index (χ3n) is 3.68. The molecule has 4 heteroatoms. The lowest BCUT2D eigenvalue weighted by Crippen LogP contribution is -2.29. The zero-order valence-corrected chi connectivity index (χ0v) is 13.7. The van der Waals surface area contributed by atoms with Gasteiger partial charge in [0.25, 0.3) is 0 Å². The Bertz CT molecular complexity index is 629. The third-order valence-corrected chi connectivity index (χ3v) is 3.68. The Hall–Kier alpha value is -2.49. The van der Waals surface area contributed by atoms with E-state index in [0.717, 1.165) is 11.3 Å². The van der Waals surface area contributed by atoms with Crippen molar-refractivity contribution in [1.29, 1.82) is 0 Å². The number of hydrogen-bond acceptors (Lipinski definition) is 3. The van der Waals surface area contributed by atoms with Crippen LogP contribution in [0.5, 0.6) is 11.5 Å². The largest absolute Gasteiger partial charge is 0.497 e. The normalized spacial score (nSPS) is 12.0. The lowest BCUT2D eigenvalue weighted by molar-refractivity contribution is -0.145. The highest BCUT2D eigenvalue weighted by Gasteiger charge is 2.20. The van der Waals surface area contributed by atoms with Crippen molar-refractivity contribution in [2.45, 2.75) is 32.3 Å². The molecular formula is C19H22O4. The summed E-state index contributed by atoms with van der Waals surface area (Å²) < 4.78 is 10.7. The standard InChI is InChI=1S/C19H22O4/c1-13(2)15-6-10-17(11-7-15)23-18(19(20)21)12-14-4-8-16(22-3)9-5-14/h4-11,13,18H,12H2,1-3H3,(H,20,21)/t18-/m1/s1. The smallest absolute Gasteiger partial charge is 0.345 e. The second-order valence-electron chi connectivity index (χ2n) is 5.72. The maximum Gasteiger partial charge on any atom is 0.345 e. The van der Waals surface area contributed by atoms with E-state index in [-0.39, 0.29) is 0 Å². The number of aliphatic carboxylic acids is 1. The number of benzene rings is 2. The fourth-order valence-electron chi connectivity index (χ4n) is 2.25. The van der Waals surface area contributed by atoms with Gasteiger partial charge in [-0.05, 0) is 41.3 Å². The number of methoxy groups -OCH3 is 1. The molecule has 122 valence electrons. The first-order chi connectivity index (χ1) is 11.0. The van der Waals surface area contributed by atoms with Gasteiger partial charge in [0.2, 0.25) is 0 Å². The molecule has 2 rings (SSSR count). The van der Waals surface area contributed by atoms with Crippen molar-refractivity contribution < 1.29 is 19.4 Å². The van der Waals surface area contributed by atoms with Crippen molar-refractivity contribution in [2.75, 3.05) is 7.11 Å². The van der Waals surface area contributed by atoms with Crippen molar-refractivity contribution in [1.82, 2.24) is 0 Å². The van der Waals surface area contributed by atoms with Crippen LogP contribution in [0.3, 0.4) is 0 Å². The van der Waals surface area contributed by atoms with Gasteiger partial charge in [0.05, 0.1) is 7.11 Å². The summed E-state index contributed by atoms with van der Waals surface area (Å²) in [6.45, 7) is 4.22. The van der Waals surface area contributed by atoms with E-state index in [2.05, 4.69) is 13.8 Å². The van der Waals surface area contributed by atoms with Gasteiger partial charge >= 0.3 is 5.97 Å². The molecule has 0 saturated heterocycles. The summed E-state index contributed by atoms with van der Waals surface area (Å²) in [5, 5.41) is 9.39. The minimum Gasteiger partial charge on any atom is -0.497 e. The molecule has 0 aromatic heterocycles. The third kappa shape index (κ3) is 4.74. The van der Waals surface area contributed by atoms with Crippen molar-refractivity contribution in [3.63, 3.8) is 0 Å². The fourth-order valence-corrected chi connectivity index (χ4v) is 2.25. The van der Waals surface area contributed by atoms with Gasteiger partial charge in [0, 0.05) is 6.42 Å². The average Bonchev–Trinajstić information content (AvgIpc) is 2.55. The first kappa shape index (κ1) is 16.9. The van der Waals surface area contributed by atoms with Crippen LogP contribution >= 0.6 is 0 Å². The number of carboxylic acid groups (broad SMARTS) is 1. The number of rotatable bonds is 7. The molecule has 2 aromatic rings. The lowest BCUT2D eigenvalue weighted by atomic mass is 10.0. The van der Waals surface area contributed by atoms with E-state index in [1.165, 1.54) is 5.56 Å². The maximum absolute atomic E-state index is 11.5. The second-order valence-corrected chi connectivity index (χ2v) is 5.72. The maximum atomic E-state index is 11.5. The summed E-state index contributed by atoms with van der Waals surface area (Å²) in [6, 6.07) is 14.9. The molecule has 0 aliphatic heterocycles. The Morgan fingerprint density at radius 1 is 1.00 bits per heavy atom. The SMILES string of the molecule is COc1ccc(C[C@@H](Oc2ccc(C(C)C)cc2)C(=O)O)cc1. The molecular weight excluding hydrogens is 292 g/mol. The molecule has 0 fully saturated rings. The van der Waals surface area contributed by atoms with Crippen LogP contribution in [-0.4, -0.2) is 24.3 Å². The predicted octanol–water partition coefficient (Wildman–Crippen LogP) is 3.89. The molecule has 1 N–H and O–H groups in total. The monoisotopic (exact) mass is 314 g/mol. The second kappa shape index (κ2) is 7.68. The lowest BCUT2D eigenvalue weighted by Gasteiger charge is -2.16. The molecule has 4 nitrogen and oxygen atoms in total. The number of carbonyl (C=O) groups is 1. The van der Waals surface area contributed by atoms with Crippen LogP contribution in [0.25, 0.3) is 0 Å². The quantitative estimate of drug-likeness (QED) is 0.842. The van der Waals surface area contributed by atoms with Crippen LogP contribution in [0.15, 0.2) is 48.5 Å². The van der Waals surface area contributed by atoms with Gasteiger partial charge in [-0.15, -0.1) is 0 Å². The topological polar surface area (TPSA) is 55.8 Å². The van der Waals surface area contributed by atoms with Crippen LogP contribution in [0, 0.1) is 0 Å². The molecule has 0 bridgehead atoms. The van der Waals surface area contributed by atoms with Crippen molar-refractivity contribution in [2.24, 2.45) is 0 Å². The highest BCUT2D eigenvalue weighted by Crippen LogP contribution is 2.21. The Balaban J connectivity index is 2.07. The average molecular weight is 314 g/mol. The zero-order chi connectivity index (χ0) is 16.8. The van der Waals surface area contributed by atoms with Crippen LogP contribution in [0.1, 0.15) is 30.9 Å². The molecule has 0 amide bonds. The number of carboxylic acids is 1. The molecule has 0 unspecified atom stereocenters. The predicted molar refractivity (Wildman–Crippen MR) is 89.3 cm³/mol. The van der Waals surface area contributed by atoms with Gasteiger partial charge in [0.1, 0.15) is 11.5 Å². The van der Waals surface area contributed by atoms with Crippen LogP contribution in [0.2, 0.25) is 0 Å². The summed E-state index contributed by atoms with van der Waals surface area (Å²) in [4.78, 5) is 11.5. The van der Waals surface area contributed by atoms with E-state index in [1.807, 2.05) is 48.5 Å². The van der Waals surface area contributed by atoms with E-state index in [1.54, 1.807) is 7.11 Å². The highest BCUT2D eigenvalue weighted by molar-refractivity contribution is 5.73. The van der Waals surface area contributed by atoms with E-state index < -0.39 is 12.1 Å². The minimum atomic E-state index is -0.978. The summed E-state index contributed by atoms with van der Waals surface area (Å²) in [5.74, 6) is 0.758. The molecule has 1 atom stereocenters. The summed E-state index contributed by atoms with van der Waals surface area (Å²) in [5.41, 5.74) is 2.08. The molecule has 2 aromatic carbocycles. The Labute approximate surface area is 136 Å². The van der Waals surface area contributed by atoms with Crippen LogP contribution < -0.4 is 9.47 Å². The van der Waals surface area contributed by atoms with Gasteiger partial charge in [-0.1, -0.05) is 38.1 Å². The van der Waals surface area contributed by atoms with E-state index in [9.17, 15) is 9.90 Å². The molecule has 23 heavy (non-hydrogen) atoms. The van der Waals surface area contributed by atoms with Gasteiger partial charge in [0.15, 0.2) is 6.10 Å². The van der Waals surface area contributed by atoms with Crippen molar-refractivity contribution in [3.05, 3.63) is 59.7 Å². The number of hydrogen-bond donors (Lipinski definition) is 1. The Morgan fingerprint density at radius 3 is 2.04 bits per heavy atom. The molecule has 0 aliphatic carbocycles. The van der Waals surface area contributed by atoms with Gasteiger partial charge in [-0.25, -0.2) is 4.79 Å². The Kier molecular flexibility index (Phi) is 5.63. The zero-order valence-electron chi connectivity index (χ0n) is 13.7. The van der Waals surface area contributed by atoms with Crippen LogP contribution in [-0.2, 0) is 11.2 Å². The van der Waals surface area contributed by atoms with Gasteiger partial charge < -0.3 is 14.6 Å². The van der Waals surface area contributed by atoms with Gasteiger partial charge in [-0.2, -0.15) is 0 Å². The molecule has 0 heterocycles. The minimum absolute atomic E-state index is 0.297. The first-order valence-corrected chi connectivity index (χ1v) is 7.62. The summed E-state index contributed by atoms with van der Waals surface area (Å²) in [6.07, 6.45) is -0.626. The number of ether oxygens (including phenoxy) is 2. The fraction of sp³-hybridized carbons (Fsp3) is 0.316. The molecule has 0 saturated carbocycles. The summed E-state index contributed by atoms with van der Waals surface area (Å²) in [7, 11) is 1.60. The van der Waals surface area contributed by atoms with E-state index in [4.69, 9.17) is 9.47 Å². The Morgan fingerprint density at radius 2 is 1.57 bits per heavy atom. The highest BCUT2D eigenvalue weighted by atomic mass is 16.5. The summed E-state index contributed by atoms with van der Waals surface area (Å²) >= 11 is 0. The molecule has 0 radical (unpaired) electrons.